The largest absolute Gasteiger partial charge is 0.382 e. The Morgan fingerprint density at radius 2 is 2.05 bits per heavy atom. The van der Waals surface area contributed by atoms with Crippen molar-refractivity contribution in [3.05, 3.63) is 29.8 Å². The van der Waals surface area contributed by atoms with Crippen LogP contribution in [-0.4, -0.2) is 22.2 Å². The molecule has 1 aromatic rings. The molecule has 1 fully saturated rings. The normalized spacial score (nSPS) is 18.2. The lowest BCUT2D eigenvalue weighted by Crippen LogP contribution is -2.40. The summed E-state index contributed by atoms with van der Waals surface area (Å²) in [5.74, 6) is 0.966. The standard InChI is InChI=1S/C16H22O2S/c1-2-11-19-14-8-6-7-13(12-14)15(17)16(18)9-4-3-5-10-16/h6-8,12,18H,2-5,9-11H2,1H3. The minimum Gasteiger partial charge on any atom is -0.382 e. The zero-order valence-corrected chi connectivity index (χ0v) is 12.3. The van der Waals surface area contributed by atoms with Crippen LogP contribution in [0, 0.1) is 0 Å². The van der Waals surface area contributed by atoms with Gasteiger partial charge in [-0.2, -0.15) is 0 Å². The smallest absolute Gasteiger partial charge is 0.194 e. The fraction of sp³-hybridized carbons (Fsp3) is 0.562. The van der Waals surface area contributed by atoms with Gasteiger partial charge in [-0.05, 0) is 37.1 Å². The molecule has 0 aromatic heterocycles. The van der Waals surface area contributed by atoms with E-state index in [1.165, 1.54) is 0 Å². The van der Waals surface area contributed by atoms with Crippen molar-refractivity contribution in [3.8, 4) is 0 Å². The molecule has 1 aliphatic carbocycles. The van der Waals surface area contributed by atoms with Crippen LogP contribution in [0.5, 0.6) is 0 Å². The molecule has 0 amide bonds. The Bertz CT molecular complexity index is 436. The number of hydrogen-bond donors (Lipinski definition) is 1. The molecule has 2 nitrogen and oxygen atoms in total. The first-order chi connectivity index (χ1) is 9.15. The number of hydrogen-bond acceptors (Lipinski definition) is 3. The van der Waals surface area contributed by atoms with Gasteiger partial charge in [0, 0.05) is 10.5 Å². The minimum absolute atomic E-state index is 0.0915. The molecule has 0 atom stereocenters. The van der Waals surface area contributed by atoms with Crippen molar-refractivity contribution in [2.45, 2.75) is 55.9 Å². The Kier molecular flexibility index (Phi) is 5.06. The topological polar surface area (TPSA) is 37.3 Å². The molecule has 19 heavy (non-hydrogen) atoms. The second-order valence-corrected chi connectivity index (χ2v) is 6.47. The Morgan fingerprint density at radius 1 is 1.32 bits per heavy atom. The fourth-order valence-corrected chi connectivity index (χ4v) is 3.40. The Labute approximate surface area is 119 Å². The number of thioether (sulfide) groups is 1. The molecular weight excluding hydrogens is 256 g/mol. The molecule has 0 unspecified atom stereocenters. The Balaban J connectivity index is 2.14. The second-order valence-electron chi connectivity index (χ2n) is 5.30. The lowest BCUT2D eigenvalue weighted by atomic mass is 9.79. The van der Waals surface area contributed by atoms with Crippen molar-refractivity contribution < 1.29 is 9.90 Å². The molecular formula is C16H22O2S. The van der Waals surface area contributed by atoms with Crippen LogP contribution in [0.3, 0.4) is 0 Å². The van der Waals surface area contributed by atoms with Gasteiger partial charge >= 0.3 is 0 Å². The molecule has 0 spiro atoms. The molecule has 0 aliphatic heterocycles. The summed E-state index contributed by atoms with van der Waals surface area (Å²) in [5.41, 5.74) is -0.461. The first-order valence-electron chi connectivity index (χ1n) is 7.16. The molecule has 1 aliphatic rings. The van der Waals surface area contributed by atoms with Crippen molar-refractivity contribution in [3.63, 3.8) is 0 Å². The molecule has 1 aromatic carbocycles. The highest BCUT2D eigenvalue weighted by atomic mass is 32.2. The molecule has 1 saturated carbocycles. The Morgan fingerprint density at radius 3 is 2.74 bits per heavy atom. The molecule has 3 heteroatoms. The van der Waals surface area contributed by atoms with E-state index < -0.39 is 5.60 Å². The van der Waals surface area contributed by atoms with Gasteiger partial charge in [0.2, 0.25) is 0 Å². The highest BCUT2D eigenvalue weighted by molar-refractivity contribution is 7.99. The zero-order valence-electron chi connectivity index (χ0n) is 11.5. The average Bonchev–Trinajstić information content (AvgIpc) is 2.45. The summed E-state index contributed by atoms with van der Waals surface area (Å²) in [6, 6.07) is 7.69. The maximum absolute atomic E-state index is 12.5. The van der Waals surface area contributed by atoms with Gasteiger partial charge < -0.3 is 5.11 Å². The van der Waals surface area contributed by atoms with Gasteiger partial charge in [-0.3, -0.25) is 4.79 Å². The molecule has 0 radical (unpaired) electrons. The summed E-state index contributed by atoms with van der Waals surface area (Å²) in [4.78, 5) is 13.6. The number of carbonyl (C=O) groups is 1. The van der Waals surface area contributed by atoms with Crippen LogP contribution in [0.15, 0.2) is 29.2 Å². The van der Waals surface area contributed by atoms with Crippen molar-refractivity contribution in [2.75, 3.05) is 5.75 Å². The maximum atomic E-state index is 12.5. The van der Waals surface area contributed by atoms with Crippen LogP contribution >= 0.6 is 11.8 Å². The number of aliphatic hydroxyl groups is 1. The lowest BCUT2D eigenvalue weighted by molar-refractivity contribution is 0.0116. The van der Waals surface area contributed by atoms with E-state index in [0.717, 1.165) is 36.3 Å². The van der Waals surface area contributed by atoms with E-state index in [1.54, 1.807) is 11.8 Å². The predicted molar refractivity (Wildman–Crippen MR) is 79.8 cm³/mol. The molecule has 1 N–H and O–H groups in total. The van der Waals surface area contributed by atoms with E-state index in [0.29, 0.717) is 18.4 Å². The van der Waals surface area contributed by atoms with Gasteiger partial charge in [-0.15, -0.1) is 11.8 Å². The maximum Gasteiger partial charge on any atom is 0.194 e. The molecule has 0 bridgehead atoms. The van der Waals surface area contributed by atoms with E-state index in [9.17, 15) is 9.90 Å². The number of benzene rings is 1. The third kappa shape index (κ3) is 3.61. The third-order valence-electron chi connectivity index (χ3n) is 3.67. The van der Waals surface area contributed by atoms with E-state index >= 15 is 0 Å². The first-order valence-corrected chi connectivity index (χ1v) is 8.14. The first kappa shape index (κ1) is 14.6. The van der Waals surface area contributed by atoms with Crippen molar-refractivity contribution in [2.24, 2.45) is 0 Å². The van der Waals surface area contributed by atoms with Crippen molar-refractivity contribution in [1.82, 2.24) is 0 Å². The van der Waals surface area contributed by atoms with E-state index in [1.807, 2.05) is 24.3 Å². The van der Waals surface area contributed by atoms with Gasteiger partial charge in [-0.1, -0.05) is 38.3 Å². The van der Waals surface area contributed by atoms with Crippen molar-refractivity contribution >= 4 is 17.5 Å². The van der Waals surface area contributed by atoms with Crippen LogP contribution in [0.2, 0.25) is 0 Å². The van der Waals surface area contributed by atoms with E-state index in [4.69, 9.17) is 0 Å². The van der Waals surface area contributed by atoms with E-state index in [-0.39, 0.29) is 5.78 Å². The quantitative estimate of drug-likeness (QED) is 0.651. The monoisotopic (exact) mass is 278 g/mol. The molecule has 0 heterocycles. The highest BCUT2D eigenvalue weighted by Gasteiger charge is 2.37. The van der Waals surface area contributed by atoms with Crippen molar-refractivity contribution in [1.29, 1.82) is 0 Å². The summed E-state index contributed by atoms with van der Waals surface area (Å²) in [6.45, 7) is 2.15. The van der Waals surface area contributed by atoms with Crippen LogP contribution in [-0.2, 0) is 0 Å². The second kappa shape index (κ2) is 6.58. The SMILES string of the molecule is CCCSc1cccc(C(=O)C2(O)CCCCC2)c1. The fourth-order valence-electron chi connectivity index (χ4n) is 2.58. The predicted octanol–water partition coefficient (Wildman–Crippen LogP) is 4.07. The number of Topliss-reactive ketones (excluding diaryl/α,β-unsaturated/α-hetero) is 1. The van der Waals surface area contributed by atoms with Crippen LogP contribution in [0.1, 0.15) is 55.8 Å². The van der Waals surface area contributed by atoms with Gasteiger partial charge in [0.05, 0.1) is 0 Å². The molecule has 0 saturated heterocycles. The summed E-state index contributed by atoms with van der Waals surface area (Å²) >= 11 is 1.76. The summed E-state index contributed by atoms with van der Waals surface area (Å²) in [5, 5.41) is 10.5. The lowest BCUT2D eigenvalue weighted by Gasteiger charge is -2.30. The third-order valence-corrected chi connectivity index (χ3v) is 4.87. The molecule has 104 valence electrons. The highest BCUT2D eigenvalue weighted by Crippen LogP contribution is 2.32. The van der Waals surface area contributed by atoms with Gasteiger partial charge in [0.1, 0.15) is 5.60 Å². The van der Waals surface area contributed by atoms with Gasteiger partial charge in [-0.25, -0.2) is 0 Å². The van der Waals surface area contributed by atoms with Crippen LogP contribution in [0.25, 0.3) is 0 Å². The summed E-state index contributed by atoms with van der Waals surface area (Å²) < 4.78 is 0. The number of rotatable bonds is 5. The summed E-state index contributed by atoms with van der Waals surface area (Å²) in [7, 11) is 0. The van der Waals surface area contributed by atoms with Crippen LogP contribution in [0.4, 0.5) is 0 Å². The number of carbonyl (C=O) groups excluding carboxylic acids is 1. The average molecular weight is 278 g/mol. The van der Waals surface area contributed by atoms with E-state index in [2.05, 4.69) is 6.92 Å². The number of ketones is 1. The molecule has 2 rings (SSSR count). The Hall–Kier alpha value is -0.800. The van der Waals surface area contributed by atoms with Crippen LogP contribution < -0.4 is 0 Å². The summed E-state index contributed by atoms with van der Waals surface area (Å²) in [6.07, 6.45) is 5.37. The van der Waals surface area contributed by atoms with Gasteiger partial charge in [0.25, 0.3) is 0 Å². The zero-order chi connectivity index (χ0) is 13.7. The minimum atomic E-state index is -1.12. The van der Waals surface area contributed by atoms with Gasteiger partial charge in [0.15, 0.2) is 5.78 Å².